The van der Waals surface area contributed by atoms with Crippen molar-refractivity contribution in [3.05, 3.63) is 77.8 Å². The Morgan fingerprint density at radius 3 is 2.52 bits per heavy atom. The van der Waals surface area contributed by atoms with Crippen molar-refractivity contribution in [2.75, 3.05) is 16.8 Å². The van der Waals surface area contributed by atoms with Crippen molar-refractivity contribution < 1.29 is 13.6 Å². The summed E-state index contributed by atoms with van der Waals surface area (Å²) in [6.07, 6.45) is 4.80. The Kier molecular flexibility index (Phi) is 4.50. The SMILES string of the molecule is O=C(Nc1c(F)cccc1F)c1cnc(N2CCCc3ccccc32)cn1. The Morgan fingerprint density at radius 2 is 1.78 bits per heavy atom. The number of hydrogen-bond acceptors (Lipinski definition) is 4. The lowest BCUT2D eigenvalue weighted by Crippen LogP contribution is -2.25. The van der Waals surface area contributed by atoms with Crippen LogP contribution in [0.15, 0.2) is 54.9 Å². The molecule has 0 fully saturated rings. The number of amides is 1. The molecular weight excluding hydrogens is 350 g/mol. The molecule has 0 unspecified atom stereocenters. The zero-order valence-corrected chi connectivity index (χ0v) is 14.3. The van der Waals surface area contributed by atoms with Crippen molar-refractivity contribution in [3.63, 3.8) is 0 Å². The van der Waals surface area contributed by atoms with Crippen LogP contribution in [-0.2, 0) is 6.42 Å². The highest BCUT2D eigenvalue weighted by Gasteiger charge is 2.20. The van der Waals surface area contributed by atoms with Gasteiger partial charge in [0.15, 0.2) is 5.82 Å². The molecule has 1 N–H and O–H groups in total. The lowest BCUT2D eigenvalue weighted by Gasteiger charge is -2.30. The quantitative estimate of drug-likeness (QED) is 0.758. The van der Waals surface area contributed by atoms with Crippen LogP contribution in [0.5, 0.6) is 0 Å². The molecule has 0 aliphatic carbocycles. The van der Waals surface area contributed by atoms with Crippen LogP contribution >= 0.6 is 0 Å². The van der Waals surface area contributed by atoms with Crippen molar-refractivity contribution in [2.24, 2.45) is 0 Å². The number of benzene rings is 2. The summed E-state index contributed by atoms with van der Waals surface area (Å²) in [6.45, 7) is 0.803. The third-order valence-electron chi connectivity index (χ3n) is 4.46. The fourth-order valence-electron chi connectivity index (χ4n) is 3.14. The normalized spacial score (nSPS) is 13.2. The Bertz CT molecular complexity index is 971. The molecule has 0 saturated heterocycles. The molecule has 2 aromatic carbocycles. The predicted octanol–water partition coefficient (Wildman–Crippen LogP) is 4.09. The maximum Gasteiger partial charge on any atom is 0.276 e. The number of nitrogens with one attached hydrogen (secondary N) is 1. The van der Waals surface area contributed by atoms with E-state index in [0.29, 0.717) is 5.82 Å². The van der Waals surface area contributed by atoms with E-state index in [1.165, 1.54) is 24.0 Å². The molecule has 0 saturated carbocycles. The van der Waals surface area contributed by atoms with Gasteiger partial charge in [0.1, 0.15) is 23.0 Å². The zero-order valence-electron chi connectivity index (χ0n) is 14.3. The van der Waals surface area contributed by atoms with E-state index in [0.717, 1.165) is 37.2 Å². The third kappa shape index (κ3) is 3.36. The Morgan fingerprint density at radius 1 is 1.00 bits per heavy atom. The maximum absolute atomic E-state index is 13.7. The molecule has 1 aromatic heterocycles. The van der Waals surface area contributed by atoms with Crippen LogP contribution in [0.3, 0.4) is 0 Å². The summed E-state index contributed by atoms with van der Waals surface area (Å²) in [5, 5.41) is 2.20. The summed E-state index contributed by atoms with van der Waals surface area (Å²) in [5.74, 6) is -1.80. The van der Waals surface area contributed by atoms with Crippen molar-refractivity contribution in [2.45, 2.75) is 12.8 Å². The van der Waals surface area contributed by atoms with Gasteiger partial charge in [-0.15, -0.1) is 0 Å². The highest BCUT2D eigenvalue weighted by atomic mass is 19.1. The zero-order chi connectivity index (χ0) is 18.8. The van der Waals surface area contributed by atoms with E-state index in [9.17, 15) is 13.6 Å². The van der Waals surface area contributed by atoms with Gasteiger partial charge in [-0.3, -0.25) is 4.79 Å². The molecule has 0 radical (unpaired) electrons. The molecule has 136 valence electrons. The summed E-state index contributed by atoms with van der Waals surface area (Å²) < 4.78 is 27.4. The van der Waals surface area contributed by atoms with Gasteiger partial charge >= 0.3 is 0 Å². The van der Waals surface area contributed by atoms with Gasteiger partial charge in [0, 0.05) is 12.2 Å². The van der Waals surface area contributed by atoms with Gasteiger partial charge in [0.05, 0.1) is 12.4 Å². The summed E-state index contributed by atoms with van der Waals surface area (Å²) >= 11 is 0. The van der Waals surface area contributed by atoms with Crippen LogP contribution < -0.4 is 10.2 Å². The molecule has 2 heterocycles. The number of fused-ring (bicyclic) bond motifs is 1. The van der Waals surface area contributed by atoms with Gasteiger partial charge in [0.25, 0.3) is 5.91 Å². The number of anilines is 3. The number of halogens is 2. The smallest absolute Gasteiger partial charge is 0.276 e. The molecule has 1 aliphatic heterocycles. The van der Waals surface area contributed by atoms with Crippen molar-refractivity contribution in [1.82, 2.24) is 9.97 Å². The standard InChI is InChI=1S/C20H16F2N4O/c21-14-7-3-8-15(22)19(14)25-20(27)16-11-24-18(12-23-16)26-10-4-6-13-5-1-2-9-17(13)26/h1-3,5,7-9,11-12H,4,6,10H2,(H,25,27). The number of para-hydroxylation sites is 2. The molecule has 7 heteroatoms. The molecule has 4 rings (SSSR count). The first-order chi connectivity index (χ1) is 13.1. The minimum Gasteiger partial charge on any atom is -0.325 e. The second-order valence-electron chi connectivity index (χ2n) is 6.19. The number of aryl methyl sites for hydroxylation is 1. The largest absolute Gasteiger partial charge is 0.325 e. The fraction of sp³-hybridized carbons (Fsp3) is 0.150. The highest BCUT2D eigenvalue weighted by molar-refractivity contribution is 6.02. The van der Waals surface area contributed by atoms with Gasteiger partial charge < -0.3 is 10.2 Å². The minimum atomic E-state index is -0.849. The monoisotopic (exact) mass is 366 g/mol. The Labute approximate surface area is 154 Å². The maximum atomic E-state index is 13.7. The van der Waals surface area contributed by atoms with E-state index in [1.807, 2.05) is 23.1 Å². The second-order valence-corrected chi connectivity index (χ2v) is 6.19. The fourth-order valence-corrected chi connectivity index (χ4v) is 3.14. The number of nitrogens with zero attached hydrogens (tertiary/aromatic N) is 3. The van der Waals surface area contributed by atoms with Crippen molar-refractivity contribution in [1.29, 1.82) is 0 Å². The molecular formula is C20H16F2N4O. The topological polar surface area (TPSA) is 58.1 Å². The molecule has 1 amide bonds. The van der Waals surface area contributed by atoms with Crippen LogP contribution in [-0.4, -0.2) is 22.4 Å². The van der Waals surface area contributed by atoms with Gasteiger partial charge in [-0.1, -0.05) is 24.3 Å². The number of carbonyl (C=O) groups is 1. The van der Waals surface area contributed by atoms with E-state index in [2.05, 4.69) is 21.4 Å². The first kappa shape index (κ1) is 17.1. The van der Waals surface area contributed by atoms with Crippen LogP contribution in [0.2, 0.25) is 0 Å². The van der Waals surface area contributed by atoms with E-state index >= 15 is 0 Å². The van der Waals surface area contributed by atoms with E-state index in [-0.39, 0.29) is 5.69 Å². The van der Waals surface area contributed by atoms with Crippen LogP contribution in [0.1, 0.15) is 22.5 Å². The summed E-state index contributed by atoms with van der Waals surface area (Å²) in [4.78, 5) is 22.7. The minimum absolute atomic E-state index is 0.0216. The average molecular weight is 366 g/mol. The molecule has 0 bridgehead atoms. The lowest BCUT2D eigenvalue weighted by atomic mass is 10.0. The molecule has 0 spiro atoms. The molecule has 0 atom stereocenters. The van der Waals surface area contributed by atoms with Crippen LogP contribution in [0, 0.1) is 11.6 Å². The molecule has 5 nitrogen and oxygen atoms in total. The van der Waals surface area contributed by atoms with Crippen LogP contribution in [0.25, 0.3) is 0 Å². The summed E-state index contributed by atoms with van der Waals surface area (Å²) in [7, 11) is 0. The molecule has 3 aromatic rings. The van der Waals surface area contributed by atoms with Gasteiger partial charge in [-0.05, 0) is 36.6 Å². The first-order valence-electron chi connectivity index (χ1n) is 8.56. The van der Waals surface area contributed by atoms with Crippen molar-refractivity contribution in [3.8, 4) is 0 Å². The first-order valence-corrected chi connectivity index (χ1v) is 8.56. The van der Waals surface area contributed by atoms with Crippen molar-refractivity contribution >= 4 is 23.1 Å². The Hall–Kier alpha value is -3.35. The number of carbonyl (C=O) groups excluding carboxylic acids is 1. The predicted molar refractivity (Wildman–Crippen MR) is 98.1 cm³/mol. The highest BCUT2D eigenvalue weighted by Crippen LogP contribution is 2.31. The summed E-state index contributed by atoms with van der Waals surface area (Å²) in [6, 6.07) is 11.4. The Balaban J connectivity index is 1.56. The third-order valence-corrected chi connectivity index (χ3v) is 4.46. The number of rotatable bonds is 3. The molecule has 1 aliphatic rings. The van der Waals surface area contributed by atoms with Gasteiger partial charge in [-0.2, -0.15) is 0 Å². The van der Waals surface area contributed by atoms with E-state index in [1.54, 1.807) is 0 Å². The second kappa shape index (κ2) is 7.11. The number of hydrogen-bond donors (Lipinski definition) is 1. The summed E-state index contributed by atoms with van der Waals surface area (Å²) in [5.41, 5.74) is 1.79. The van der Waals surface area contributed by atoms with E-state index in [4.69, 9.17) is 0 Å². The molecule has 27 heavy (non-hydrogen) atoms. The van der Waals surface area contributed by atoms with Gasteiger partial charge in [0.2, 0.25) is 0 Å². The van der Waals surface area contributed by atoms with E-state index < -0.39 is 23.2 Å². The number of aromatic nitrogens is 2. The van der Waals surface area contributed by atoms with Gasteiger partial charge in [-0.25, -0.2) is 18.7 Å². The van der Waals surface area contributed by atoms with Crippen LogP contribution in [0.4, 0.5) is 26.0 Å². The lowest BCUT2D eigenvalue weighted by molar-refractivity contribution is 0.102. The average Bonchev–Trinajstić information content (AvgIpc) is 2.70.